The molecular weight excluding hydrogens is 396 g/mol. The van der Waals surface area contributed by atoms with Crippen LogP contribution in [0.1, 0.15) is 24.0 Å². The molecule has 1 saturated heterocycles. The van der Waals surface area contributed by atoms with Crippen LogP contribution in [-0.4, -0.2) is 50.0 Å². The van der Waals surface area contributed by atoms with Gasteiger partial charge in [-0.3, -0.25) is 9.79 Å². The molecule has 3 rings (SSSR count). The number of rotatable bonds is 9. The van der Waals surface area contributed by atoms with Crippen molar-refractivity contribution in [2.75, 3.05) is 33.2 Å². The number of aliphatic imine (C=N–C) groups is 1. The minimum absolute atomic E-state index is 0.250. The summed E-state index contributed by atoms with van der Waals surface area (Å²) in [7, 11) is 1.77. The molecule has 1 atom stereocenters. The van der Waals surface area contributed by atoms with Crippen LogP contribution in [-0.2, 0) is 17.6 Å². The van der Waals surface area contributed by atoms with E-state index < -0.39 is 0 Å². The van der Waals surface area contributed by atoms with Gasteiger partial charge < -0.3 is 15.5 Å². The second-order valence-electron chi connectivity index (χ2n) is 7.72. The van der Waals surface area contributed by atoms with E-state index in [2.05, 4.69) is 33.8 Å². The summed E-state index contributed by atoms with van der Waals surface area (Å²) in [4.78, 5) is 18.6. The molecule has 0 radical (unpaired) electrons. The molecule has 30 heavy (non-hydrogen) atoms. The van der Waals surface area contributed by atoms with Crippen LogP contribution in [0.3, 0.4) is 0 Å². The number of likely N-dealkylation sites (tertiary alicyclic amines) is 1. The first-order chi connectivity index (χ1) is 14.7. The Kier molecular flexibility index (Phi) is 8.57. The Morgan fingerprint density at radius 1 is 1.10 bits per heavy atom. The van der Waals surface area contributed by atoms with Gasteiger partial charge in [-0.2, -0.15) is 0 Å². The first-order valence-electron chi connectivity index (χ1n) is 10.7. The fraction of sp³-hybridized carbons (Fsp3) is 0.417. The minimum atomic E-state index is 0.250. The van der Waals surface area contributed by atoms with Crippen molar-refractivity contribution < 1.29 is 4.79 Å². The minimum Gasteiger partial charge on any atom is -0.356 e. The maximum atomic E-state index is 12.3. The number of guanidine groups is 1. The highest BCUT2D eigenvalue weighted by Gasteiger charge is 2.29. The number of hydrogen-bond acceptors (Lipinski definition) is 2. The molecule has 1 fully saturated rings. The van der Waals surface area contributed by atoms with E-state index in [1.165, 1.54) is 11.1 Å². The zero-order valence-corrected chi connectivity index (χ0v) is 18.4. The molecule has 2 N–H and O–H groups in total. The predicted molar refractivity (Wildman–Crippen MR) is 124 cm³/mol. The van der Waals surface area contributed by atoms with E-state index in [1.807, 2.05) is 41.3 Å². The zero-order valence-electron chi connectivity index (χ0n) is 17.6. The largest absolute Gasteiger partial charge is 0.356 e. The van der Waals surface area contributed by atoms with Crippen LogP contribution in [0.15, 0.2) is 59.6 Å². The second-order valence-corrected chi connectivity index (χ2v) is 8.13. The van der Waals surface area contributed by atoms with Gasteiger partial charge in [0.25, 0.3) is 0 Å². The maximum absolute atomic E-state index is 12.3. The van der Waals surface area contributed by atoms with Gasteiger partial charge in [0.05, 0.1) is 0 Å². The van der Waals surface area contributed by atoms with Crippen LogP contribution < -0.4 is 10.6 Å². The van der Waals surface area contributed by atoms with Gasteiger partial charge in [0.1, 0.15) is 0 Å². The van der Waals surface area contributed by atoms with Gasteiger partial charge >= 0.3 is 0 Å². The fourth-order valence-corrected chi connectivity index (χ4v) is 3.99. The van der Waals surface area contributed by atoms with Gasteiger partial charge in [0.15, 0.2) is 5.96 Å². The average Bonchev–Trinajstić information content (AvgIpc) is 3.13. The Labute approximate surface area is 184 Å². The van der Waals surface area contributed by atoms with E-state index >= 15 is 0 Å². The predicted octanol–water partition coefficient (Wildman–Crippen LogP) is 3.53. The summed E-state index contributed by atoms with van der Waals surface area (Å²) < 4.78 is 0. The van der Waals surface area contributed by atoms with Crippen LogP contribution in [0.2, 0.25) is 5.02 Å². The van der Waals surface area contributed by atoms with Gasteiger partial charge in [-0.1, -0.05) is 60.1 Å². The lowest BCUT2D eigenvalue weighted by molar-refractivity contribution is -0.127. The quantitative estimate of drug-likeness (QED) is 0.366. The Morgan fingerprint density at radius 3 is 2.63 bits per heavy atom. The molecular formula is C24H31ClN4O. The van der Waals surface area contributed by atoms with Gasteiger partial charge in [0.2, 0.25) is 5.91 Å². The zero-order chi connectivity index (χ0) is 21.2. The van der Waals surface area contributed by atoms with Crippen molar-refractivity contribution in [3.8, 4) is 0 Å². The topological polar surface area (TPSA) is 56.7 Å². The molecule has 0 spiro atoms. The normalized spacial score (nSPS) is 16.7. The molecule has 160 valence electrons. The number of benzene rings is 2. The molecule has 1 amide bonds. The van der Waals surface area contributed by atoms with E-state index in [0.29, 0.717) is 12.3 Å². The van der Waals surface area contributed by atoms with Gasteiger partial charge in [-0.05, 0) is 36.5 Å². The van der Waals surface area contributed by atoms with E-state index in [9.17, 15) is 4.79 Å². The molecule has 1 unspecified atom stereocenters. The fourth-order valence-electron chi connectivity index (χ4n) is 3.76. The number of amides is 1. The van der Waals surface area contributed by atoms with Crippen LogP contribution in [0.4, 0.5) is 0 Å². The summed E-state index contributed by atoms with van der Waals surface area (Å²) in [6.07, 6.45) is 3.41. The van der Waals surface area contributed by atoms with Crippen molar-refractivity contribution in [2.45, 2.75) is 25.7 Å². The lowest BCUT2D eigenvalue weighted by atomic mass is 10.1. The highest BCUT2D eigenvalue weighted by atomic mass is 35.5. The van der Waals surface area contributed by atoms with E-state index in [-0.39, 0.29) is 5.91 Å². The molecule has 1 aliphatic heterocycles. The first-order valence-corrected chi connectivity index (χ1v) is 11.0. The highest BCUT2D eigenvalue weighted by molar-refractivity contribution is 6.31. The number of hydrogen-bond donors (Lipinski definition) is 2. The SMILES string of the molecule is CN=C(NCCCc1ccccc1Cl)NCC1CC(=O)N(CCc2ccccc2)C1. The number of nitrogens with zero attached hydrogens (tertiary/aromatic N) is 2. The Morgan fingerprint density at radius 2 is 1.87 bits per heavy atom. The van der Waals surface area contributed by atoms with E-state index in [4.69, 9.17) is 11.6 Å². The standard InChI is InChI=1S/C24H31ClN4O/c1-26-24(27-14-7-11-21-10-5-6-12-22(21)25)28-17-20-16-23(30)29(18-20)15-13-19-8-3-2-4-9-19/h2-6,8-10,12,20H,7,11,13-18H2,1H3,(H2,26,27,28). The first kappa shape index (κ1) is 22.2. The molecule has 6 heteroatoms. The van der Waals surface area contributed by atoms with Crippen molar-refractivity contribution >= 4 is 23.5 Å². The number of carbonyl (C=O) groups is 1. The Balaban J connectivity index is 1.34. The van der Waals surface area contributed by atoms with Crippen molar-refractivity contribution in [2.24, 2.45) is 10.9 Å². The summed E-state index contributed by atoms with van der Waals surface area (Å²) in [5.74, 6) is 1.35. The summed E-state index contributed by atoms with van der Waals surface area (Å²) in [5.41, 5.74) is 2.44. The van der Waals surface area contributed by atoms with E-state index in [1.54, 1.807) is 7.05 Å². The average molecular weight is 427 g/mol. The summed E-state index contributed by atoms with van der Waals surface area (Å²) in [5, 5.41) is 7.54. The third-order valence-corrected chi connectivity index (χ3v) is 5.83. The highest BCUT2D eigenvalue weighted by Crippen LogP contribution is 2.18. The Hall–Kier alpha value is -2.53. The number of carbonyl (C=O) groups excluding carboxylic acids is 1. The Bertz CT molecular complexity index is 840. The second kappa shape index (κ2) is 11.6. The monoisotopic (exact) mass is 426 g/mol. The molecule has 5 nitrogen and oxygen atoms in total. The number of nitrogens with one attached hydrogen (secondary N) is 2. The van der Waals surface area contributed by atoms with Crippen LogP contribution in [0, 0.1) is 5.92 Å². The van der Waals surface area contributed by atoms with Gasteiger partial charge in [0, 0.05) is 50.6 Å². The molecule has 2 aromatic rings. The third-order valence-electron chi connectivity index (χ3n) is 5.46. The molecule has 0 saturated carbocycles. The maximum Gasteiger partial charge on any atom is 0.223 e. The molecule has 2 aromatic carbocycles. The summed E-state index contributed by atoms with van der Waals surface area (Å²) in [6.45, 7) is 3.16. The van der Waals surface area contributed by atoms with E-state index in [0.717, 1.165) is 56.4 Å². The molecule has 1 aliphatic rings. The van der Waals surface area contributed by atoms with Crippen LogP contribution >= 0.6 is 11.6 Å². The van der Waals surface area contributed by atoms with Crippen molar-refractivity contribution in [3.63, 3.8) is 0 Å². The van der Waals surface area contributed by atoms with Crippen molar-refractivity contribution in [3.05, 3.63) is 70.7 Å². The van der Waals surface area contributed by atoms with Crippen LogP contribution in [0.25, 0.3) is 0 Å². The lowest BCUT2D eigenvalue weighted by Gasteiger charge is -2.18. The number of aryl methyl sites for hydroxylation is 1. The molecule has 0 bridgehead atoms. The third kappa shape index (κ3) is 6.77. The van der Waals surface area contributed by atoms with Crippen molar-refractivity contribution in [1.29, 1.82) is 0 Å². The van der Waals surface area contributed by atoms with Gasteiger partial charge in [-0.15, -0.1) is 0 Å². The number of halogens is 1. The van der Waals surface area contributed by atoms with Crippen molar-refractivity contribution in [1.82, 2.24) is 15.5 Å². The van der Waals surface area contributed by atoms with Crippen LogP contribution in [0.5, 0.6) is 0 Å². The smallest absolute Gasteiger partial charge is 0.223 e. The molecule has 0 aliphatic carbocycles. The summed E-state index contributed by atoms with van der Waals surface area (Å²) >= 11 is 6.21. The lowest BCUT2D eigenvalue weighted by Crippen LogP contribution is -2.40. The molecule has 1 heterocycles. The molecule has 0 aromatic heterocycles. The summed E-state index contributed by atoms with van der Waals surface area (Å²) in [6, 6.07) is 18.3. The van der Waals surface area contributed by atoms with Gasteiger partial charge in [-0.25, -0.2) is 0 Å².